The number of nitrogens with zero attached hydrogens (tertiary/aromatic N) is 1. The number of anilines is 4. The second-order valence-electron chi connectivity index (χ2n) is 15.6. The predicted molar refractivity (Wildman–Crippen MR) is 284 cm³/mol. The van der Waals surface area contributed by atoms with Crippen molar-refractivity contribution in [2.45, 2.75) is 24.3 Å². The molecule has 75 heavy (non-hydrogen) atoms. The van der Waals surface area contributed by atoms with Gasteiger partial charge in [-0.3, -0.25) is 19.2 Å². The van der Waals surface area contributed by atoms with E-state index in [1.54, 1.807) is 43.3 Å². The van der Waals surface area contributed by atoms with Crippen LogP contribution in [-0.4, -0.2) is 84.7 Å². The third-order valence-corrected chi connectivity index (χ3v) is 11.8. The van der Waals surface area contributed by atoms with Crippen molar-refractivity contribution in [3.63, 3.8) is 0 Å². The minimum Gasteiger partial charge on any atom is -0.491 e. The van der Waals surface area contributed by atoms with Crippen LogP contribution in [0, 0.1) is 11.3 Å². The lowest BCUT2D eigenvalue weighted by atomic mass is 10.1. The van der Waals surface area contributed by atoms with Gasteiger partial charge in [-0.15, -0.1) is 0 Å². The molecule has 0 aliphatic carbocycles. The average molecular weight is 1040 g/mol. The number of amides is 4. The first kappa shape index (κ1) is 56.5. The molecule has 5 aromatic carbocycles. The van der Waals surface area contributed by atoms with E-state index in [0.29, 0.717) is 23.6 Å². The molecule has 0 fully saturated rings. The third kappa shape index (κ3) is 15.3. The van der Waals surface area contributed by atoms with Crippen LogP contribution in [0.25, 0.3) is 6.08 Å². The molecule has 20 heteroatoms. The average Bonchev–Trinajstić information content (AvgIpc) is 3.40. The summed E-state index contributed by atoms with van der Waals surface area (Å²) in [6, 6.07) is 23.9. The molecular weight excluding hydrogens is 985 g/mol. The highest BCUT2D eigenvalue weighted by atomic mass is 32.2. The number of methoxy groups -OCH3 is 2. The molecule has 5 N–H and O–H groups in total. The first-order chi connectivity index (χ1) is 36.1. The monoisotopic (exact) mass is 1040 g/mol. The molecule has 4 amide bonds. The summed E-state index contributed by atoms with van der Waals surface area (Å²) in [6.45, 7) is 16.3. The molecule has 19 nitrogen and oxygen atoms in total. The largest absolute Gasteiger partial charge is 0.491 e. The van der Waals surface area contributed by atoms with Gasteiger partial charge in [-0.1, -0.05) is 62.8 Å². The lowest BCUT2D eigenvalue weighted by Gasteiger charge is -2.20. The topological polar surface area (TPSA) is 259 Å². The smallest absolute Gasteiger partial charge is 0.342 e. The van der Waals surface area contributed by atoms with Crippen molar-refractivity contribution in [3.8, 4) is 34.8 Å². The van der Waals surface area contributed by atoms with Crippen LogP contribution in [-0.2, 0) is 24.3 Å². The number of nitrogens with one attached hydrogen (secondary N) is 5. The number of nitriles is 1. The van der Waals surface area contributed by atoms with Crippen molar-refractivity contribution in [3.05, 3.63) is 176 Å². The van der Waals surface area contributed by atoms with E-state index in [1.165, 1.54) is 105 Å². The Labute approximate surface area is 434 Å². The molecule has 0 radical (unpaired) electrons. The Bertz CT molecular complexity index is 3130. The van der Waals surface area contributed by atoms with E-state index in [9.17, 15) is 37.7 Å². The minimum absolute atomic E-state index is 0.00880. The summed E-state index contributed by atoms with van der Waals surface area (Å²) >= 11 is 0. The maximum atomic E-state index is 13.9. The van der Waals surface area contributed by atoms with E-state index in [1.807, 2.05) is 6.07 Å². The van der Waals surface area contributed by atoms with Crippen LogP contribution in [0.1, 0.15) is 50.0 Å². The van der Waals surface area contributed by atoms with Gasteiger partial charge < -0.3 is 49.7 Å². The molecular formula is C55H54N6O13S. The van der Waals surface area contributed by atoms with Crippen molar-refractivity contribution in [2.24, 2.45) is 0 Å². The predicted octanol–water partition coefficient (Wildman–Crippen LogP) is 8.49. The van der Waals surface area contributed by atoms with E-state index < -0.39 is 52.1 Å². The van der Waals surface area contributed by atoms with Crippen LogP contribution >= 0.6 is 0 Å². The Morgan fingerprint density at radius 1 is 0.613 bits per heavy atom. The van der Waals surface area contributed by atoms with Crippen molar-refractivity contribution in [2.75, 3.05) is 61.9 Å². The third-order valence-electron chi connectivity index (χ3n) is 10.4. The summed E-state index contributed by atoms with van der Waals surface area (Å²) in [7, 11) is -1.72. The van der Waals surface area contributed by atoms with Gasteiger partial charge in [0.15, 0.2) is 23.0 Å². The number of rotatable bonds is 27. The van der Waals surface area contributed by atoms with E-state index in [0.717, 1.165) is 5.56 Å². The van der Waals surface area contributed by atoms with Crippen molar-refractivity contribution >= 4 is 68.4 Å². The Kier molecular flexibility index (Phi) is 20.6. The molecule has 0 unspecified atom stereocenters. The minimum atomic E-state index is -4.36. The van der Waals surface area contributed by atoms with E-state index in [-0.39, 0.29) is 81.5 Å². The Balaban J connectivity index is 1.25. The fourth-order valence-electron chi connectivity index (χ4n) is 6.78. The molecule has 0 bridgehead atoms. The summed E-state index contributed by atoms with van der Waals surface area (Å²) in [6.07, 6.45) is 7.08. The van der Waals surface area contributed by atoms with Gasteiger partial charge in [0.25, 0.3) is 17.7 Å². The number of esters is 1. The molecule has 5 rings (SSSR count). The van der Waals surface area contributed by atoms with Gasteiger partial charge in [-0.2, -0.15) is 9.98 Å². The number of carbonyl (C=O) groups excluding carboxylic acids is 5. The van der Waals surface area contributed by atoms with Gasteiger partial charge in [-0.25, -0.2) is 13.2 Å². The summed E-state index contributed by atoms with van der Waals surface area (Å²) < 4.78 is 62.6. The van der Waals surface area contributed by atoms with Gasteiger partial charge in [-0.05, 0) is 103 Å². The summed E-state index contributed by atoms with van der Waals surface area (Å²) in [5.41, 5.74) is 1.96. The van der Waals surface area contributed by atoms with Crippen LogP contribution in [0.3, 0.4) is 0 Å². The van der Waals surface area contributed by atoms with Gasteiger partial charge >= 0.3 is 5.97 Å². The summed E-state index contributed by atoms with van der Waals surface area (Å²) in [5, 5.41) is 20.3. The standard InChI is InChI=1S/C55H54N6O13S/c1-8-30-71-40-20-12-36(13-21-40)34-35(5)51(62)57-39-18-22-41(23-19-39)75(67,68)61-46(28-29-56)54(65)58-38-16-14-37(15-17-38)52(63)59-44-26-24-42(47(49(44)69-6)72-31-9-2)53(64)60-45-27-25-43(55(66)74-33-11-4)48(50(45)70-7)73-32-10-3/h8-27,34,46,61H,1-4,28,30-33H2,5-7H3,(H,57,62)(H,58,65)(H,59,63)(H,60,64)/b35-34+/t46-/m0/s1. The number of carbonyl (C=O) groups is 5. The van der Waals surface area contributed by atoms with E-state index in [2.05, 4.69) is 52.3 Å². The number of ether oxygens (including phenoxy) is 6. The zero-order valence-corrected chi connectivity index (χ0v) is 42.0. The number of sulfonamides is 1. The van der Waals surface area contributed by atoms with Gasteiger partial charge in [0, 0.05) is 22.5 Å². The first-order valence-electron chi connectivity index (χ1n) is 22.6. The van der Waals surface area contributed by atoms with E-state index >= 15 is 0 Å². The molecule has 0 saturated carbocycles. The van der Waals surface area contributed by atoms with Crippen LogP contribution in [0.2, 0.25) is 0 Å². The molecule has 0 saturated heterocycles. The van der Waals surface area contributed by atoms with Crippen LogP contribution in [0.15, 0.2) is 158 Å². The quantitative estimate of drug-likeness (QED) is 0.0188. The summed E-state index contributed by atoms with van der Waals surface area (Å²) in [5.74, 6) is -2.77. The molecule has 0 heterocycles. The molecule has 388 valence electrons. The molecule has 5 aromatic rings. The zero-order chi connectivity index (χ0) is 54.5. The SMILES string of the molecule is C=CCOC(=O)c1ccc(NC(=O)c2ccc(NC(=O)c3ccc(NC(=O)[C@H](CC#N)NS(=O)(=O)c4ccc(NC(=O)/C(C)=C/c5ccc(OCC=C)cc5)cc4)cc3)c(OC)c2OCC=C)c(OC)c1OCC=C. The lowest BCUT2D eigenvalue weighted by Crippen LogP contribution is -2.43. The van der Waals surface area contributed by atoms with Gasteiger partial charge in [0.2, 0.25) is 15.9 Å². The highest BCUT2D eigenvalue weighted by Gasteiger charge is 2.28. The summed E-state index contributed by atoms with van der Waals surface area (Å²) in [4.78, 5) is 66.4. The molecule has 0 aliphatic rings. The zero-order valence-electron chi connectivity index (χ0n) is 41.2. The van der Waals surface area contributed by atoms with Gasteiger partial charge in [0.1, 0.15) is 43.8 Å². The van der Waals surface area contributed by atoms with E-state index in [4.69, 9.17) is 28.4 Å². The maximum absolute atomic E-state index is 13.9. The van der Waals surface area contributed by atoms with Crippen molar-refractivity contribution in [1.29, 1.82) is 5.26 Å². The number of hydrogen-bond donors (Lipinski definition) is 5. The number of benzene rings is 5. The fourth-order valence-corrected chi connectivity index (χ4v) is 7.98. The van der Waals surface area contributed by atoms with Crippen molar-refractivity contribution < 1.29 is 60.8 Å². The Hall–Kier alpha value is -9.45. The fraction of sp³-hybridized carbons (Fsp3) is 0.164. The molecule has 0 aliphatic heterocycles. The first-order valence-corrected chi connectivity index (χ1v) is 24.1. The normalized spacial score (nSPS) is 11.3. The molecule has 1 atom stereocenters. The van der Waals surface area contributed by atoms with Crippen LogP contribution in [0.5, 0.6) is 28.7 Å². The van der Waals surface area contributed by atoms with Gasteiger partial charge in [0.05, 0.1) is 48.5 Å². The van der Waals surface area contributed by atoms with Crippen LogP contribution in [0.4, 0.5) is 22.7 Å². The second-order valence-corrected chi connectivity index (χ2v) is 17.3. The maximum Gasteiger partial charge on any atom is 0.342 e. The number of hydrogen-bond acceptors (Lipinski definition) is 14. The van der Waals surface area contributed by atoms with Crippen molar-refractivity contribution in [1.82, 2.24) is 4.72 Å². The highest BCUT2D eigenvalue weighted by molar-refractivity contribution is 7.89. The Morgan fingerprint density at radius 3 is 1.69 bits per heavy atom. The molecule has 0 spiro atoms. The molecule has 0 aromatic heterocycles. The van der Waals surface area contributed by atoms with Crippen LogP contribution < -0.4 is 49.7 Å². The highest BCUT2D eigenvalue weighted by Crippen LogP contribution is 2.42. The lowest BCUT2D eigenvalue weighted by molar-refractivity contribution is -0.117. The second kappa shape index (κ2) is 27.4. The Morgan fingerprint density at radius 2 is 1.13 bits per heavy atom.